The summed E-state index contributed by atoms with van der Waals surface area (Å²) in [6.45, 7) is 6.56. The van der Waals surface area contributed by atoms with Crippen molar-refractivity contribution >= 4 is 17.6 Å². The van der Waals surface area contributed by atoms with E-state index >= 15 is 0 Å². The summed E-state index contributed by atoms with van der Waals surface area (Å²) in [5.41, 5.74) is 0.816. The molecule has 1 spiro atoms. The molecule has 160 valence electrons. The highest BCUT2D eigenvalue weighted by Crippen LogP contribution is 2.45. The smallest absolute Gasteiger partial charge is 0.475 e. The van der Waals surface area contributed by atoms with Gasteiger partial charge in [0, 0.05) is 18.3 Å². The Morgan fingerprint density at radius 3 is 2.38 bits per heavy atom. The van der Waals surface area contributed by atoms with Crippen molar-refractivity contribution in [1.82, 2.24) is 4.90 Å². The monoisotopic (exact) mass is 416 g/mol. The van der Waals surface area contributed by atoms with Crippen LogP contribution in [0.3, 0.4) is 0 Å². The van der Waals surface area contributed by atoms with Crippen molar-refractivity contribution in [2.75, 3.05) is 37.9 Å². The normalized spacial score (nSPS) is 20.1. The Kier molecular flexibility index (Phi) is 5.92. The van der Waals surface area contributed by atoms with Crippen LogP contribution in [0.1, 0.15) is 26.2 Å². The van der Waals surface area contributed by atoms with Gasteiger partial charge in [-0.15, -0.1) is 0 Å². The summed E-state index contributed by atoms with van der Waals surface area (Å²) in [7, 11) is 0. The molecule has 3 aliphatic rings. The van der Waals surface area contributed by atoms with Crippen molar-refractivity contribution in [3.8, 4) is 11.5 Å². The molecule has 1 aromatic carbocycles. The summed E-state index contributed by atoms with van der Waals surface area (Å²) in [5.74, 6) is -0.974. The maximum Gasteiger partial charge on any atom is 0.490 e. The Morgan fingerprint density at radius 1 is 1.21 bits per heavy atom. The maximum atomic E-state index is 12.7. The molecule has 2 saturated heterocycles. The molecule has 3 heterocycles. The number of rotatable bonds is 3. The van der Waals surface area contributed by atoms with Gasteiger partial charge in [-0.1, -0.05) is 6.92 Å². The van der Waals surface area contributed by atoms with Gasteiger partial charge in [0.1, 0.15) is 0 Å². The Balaban J connectivity index is 0.000000298. The maximum absolute atomic E-state index is 12.7. The molecule has 3 aliphatic heterocycles. The van der Waals surface area contributed by atoms with E-state index in [9.17, 15) is 18.0 Å². The predicted molar refractivity (Wildman–Crippen MR) is 97.0 cm³/mol. The van der Waals surface area contributed by atoms with E-state index in [0.29, 0.717) is 0 Å². The van der Waals surface area contributed by atoms with Crippen LogP contribution < -0.4 is 14.4 Å². The molecule has 10 heteroatoms. The Bertz CT molecular complexity index is 776. The number of aliphatic carboxylic acids is 1. The minimum atomic E-state index is -5.08. The molecule has 1 N–H and O–H groups in total. The van der Waals surface area contributed by atoms with Crippen LogP contribution in [0.4, 0.5) is 18.9 Å². The van der Waals surface area contributed by atoms with Crippen LogP contribution in [-0.4, -0.2) is 61.0 Å². The summed E-state index contributed by atoms with van der Waals surface area (Å²) in [5, 5.41) is 7.12. The number of carbonyl (C=O) groups is 2. The number of piperidine rings is 1. The number of carboxylic acids is 1. The lowest BCUT2D eigenvalue weighted by atomic mass is 9.70. The van der Waals surface area contributed by atoms with Crippen LogP contribution in [0.15, 0.2) is 18.2 Å². The molecule has 1 aromatic rings. The van der Waals surface area contributed by atoms with E-state index in [-0.39, 0.29) is 18.1 Å². The zero-order valence-electron chi connectivity index (χ0n) is 16.0. The molecule has 0 aromatic heterocycles. The number of hydrogen-bond donors (Lipinski definition) is 1. The molecule has 0 aliphatic carbocycles. The number of β-lactam (4-membered cyclic amide) rings is 1. The fourth-order valence-electron chi connectivity index (χ4n) is 3.79. The number of amides is 1. The van der Waals surface area contributed by atoms with Gasteiger partial charge in [0.2, 0.25) is 12.7 Å². The predicted octanol–water partition coefficient (Wildman–Crippen LogP) is 2.89. The minimum Gasteiger partial charge on any atom is -0.475 e. The first kappa shape index (κ1) is 21.2. The largest absolute Gasteiger partial charge is 0.490 e. The van der Waals surface area contributed by atoms with Gasteiger partial charge in [-0.2, -0.15) is 13.2 Å². The number of carboxylic acid groups (broad SMARTS) is 1. The highest BCUT2D eigenvalue weighted by atomic mass is 19.4. The lowest BCUT2D eigenvalue weighted by Crippen LogP contribution is -2.65. The number of likely N-dealkylation sites (tertiary alicyclic amines) is 1. The quantitative estimate of drug-likeness (QED) is 0.764. The number of anilines is 1. The van der Waals surface area contributed by atoms with Crippen LogP contribution in [-0.2, 0) is 9.59 Å². The molecular formula is C19H23F3N2O5. The average Bonchev–Trinajstić information content (AvgIpc) is 3.14. The fraction of sp³-hybridized carbons (Fsp3) is 0.579. The average molecular weight is 416 g/mol. The molecule has 0 atom stereocenters. The van der Waals surface area contributed by atoms with E-state index in [2.05, 4.69) is 11.8 Å². The number of halogens is 3. The van der Waals surface area contributed by atoms with E-state index in [1.54, 1.807) is 0 Å². The van der Waals surface area contributed by atoms with Crippen LogP contribution in [0.5, 0.6) is 11.5 Å². The molecule has 0 bridgehead atoms. The van der Waals surface area contributed by atoms with Gasteiger partial charge >= 0.3 is 12.1 Å². The molecular weight excluding hydrogens is 393 g/mol. The number of hydrogen-bond acceptors (Lipinski definition) is 5. The number of fused-ring (bicyclic) bond motifs is 1. The number of benzene rings is 1. The highest BCUT2D eigenvalue weighted by molar-refractivity contribution is 6.04. The second-order valence-electron chi connectivity index (χ2n) is 7.35. The highest BCUT2D eigenvalue weighted by Gasteiger charge is 2.53. The topological polar surface area (TPSA) is 79.3 Å². The standard InChI is InChI=1S/C17H22N2O3.C2HF3O2/c1-2-7-18-8-5-17(6-9-18)11-19(16(17)20)13-3-4-14-15(10-13)22-12-21-14;3-2(4,5)1(6)7/h3-4,10H,2,5-9,11-12H2,1H3;(H,6,7). The number of ether oxygens (including phenoxy) is 2. The van der Waals surface area contributed by atoms with Gasteiger partial charge in [0.25, 0.3) is 0 Å². The zero-order valence-corrected chi connectivity index (χ0v) is 16.0. The van der Waals surface area contributed by atoms with Crippen molar-refractivity contribution in [2.24, 2.45) is 5.41 Å². The third-order valence-electron chi connectivity index (χ3n) is 5.42. The number of nitrogens with zero attached hydrogens (tertiary/aromatic N) is 2. The first-order valence-corrected chi connectivity index (χ1v) is 9.40. The molecule has 29 heavy (non-hydrogen) atoms. The van der Waals surface area contributed by atoms with Gasteiger partial charge in [0.15, 0.2) is 11.5 Å². The van der Waals surface area contributed by atoms with Crippen molar-refractivity contribution < 1.29 is 37.3 Å². The van der Waals surface area contributed by atoms with E-state index in [4.69, 9.17) is 19.4 Å². The van der Waals surface area contributed by atoms with Crippen molar-refractivity contribution in [2.45, 2.75) is 32.4 Å². The molecule has 0 radical (unpaired) electrons. The molecule has 2 fully saturated rings. The summed E-state index contributed by atoms with van der Waals surface area (Å²) in [4.78, 5) is 26.0. The van der Waals surface area contributed by atoms with Crippen LogP contribution in [0.25, 0.3) is 0 Å². The van der Waals surface area contributed by atoms with Gasteiger partial charge < -0.3 is 24.4 Å². The van der Waals surface area contributed by atoms with Crippen molar-refractivity contribution in [1.29, 1.82) is 0 Å². The second-order valence-corrected chi connectivity index (χ2v) is 7.35. The third-order valence-corrected chi connectivity index (χ3v) is 5.42. The van der Waals surface area contributed by atoms with E-state index in [0.717, 1.165) is 56.2 Å². The van der Waals surface area contributed by atoms with Gasteiger partial charge in [-0.3, -0.25) is 4.79 Å². The van der Waals surface area contributed by atoms with E-state index in [1.807, 2.05) is 23.1 Å². The first-order chi connectivity index (χ1) is 13.7. The van der Waals surface area contributed by atoms with Crippen molar-refractivity contribution in [3.63, 3.8) is 0 Å². The van der Waals surface area contributed by atoms with E-state index < -0.39 is 12.1 Å². The summed E-state index contributed by atoms with van der Waals surface area (Å²) >= 11 is 0. The molecule has 4 rings (SSSR count). The van der Waals surface area contributed by atoms with Crippen LogP contribution in [0, 0.1) is 5.41 Å². The summed E-state index contributed by atoms with van der Waals surface area (Å²) < 4.78 is 42.5. The second kappa shape index (κ2) is 8.10. The SMILES string of the molecule is CCCN1CCC2(CC1)CN(c1ccc3c(c1)OCO3)C2=O.O=C(O)C(F)(F)F. The first-order valence-electron chi connectivity index (χ1n) is 9.40. The van der Waals surface area contributed by atoms with Gasteiger partial charge in [-0.25, -0.2) is 4.79 Å². The molecule has 1 amide bonds. The summed E-state index contributed by atoms with van der Waals surface area (Å²) in [6.07, 6.45) is -1.91. The van der Waals surface area contributed by atoms with E-state index in [1.165, 1.54) is 6.42 Å². The van der Waals surface area contributed by atoms with Crippen molar-refractivity contribution in [3.05, 3.63) is 18.2 Å². The van der Waals surface area contributed by atoms with Gasteiger partial charge in [0.05, 0.1) is 5.41 Å². The lowest BCUT2D eigenvalue weighted by Gasteiger charge is -2.52. The number of alkyl halides is 3. The lowest BCUT2D eigenvalue weighted by molar-refractivity contribution is -0.192. The molecule has 7 nitrogen and oxygen atoms in total. The molecule has 0 saturated carbocycles. The fourth-order valence-corrected chi connectivity index (χ4v) is 3.79. The Morgan fingerprint density at radius 2 is 1.83 bits per heavy atom. The van der Waals surface area contributed by atoms with Gasteiger partial charge in [-0.05, 0) is 51.0 Å². The van der Waals surface area contributed by atoms with Crippen LogP contribution >= 0.6 is 0 Å². The summed E-state index contributed by atoms with van der Waals surface area (Å²) in [6, 6.07) is 5.75. The molecule has 0 unspecified atom stereocenters. The Hall–Kier alpha value is -2.49. The third kappa shape index (κ3) is 4.42. The minimum absolute atomic E-state index is 0.111. The number of carbonyl (C=O) groups excluding carboxylic acids is 1. The zero-order chi connectivity index (χ0) is 21.2. The van der Waals surface area contributed by atoms with Crippen LogP contribution in [0.2, 0.25) is 0 Å². The Labute approximate surface area is 166 Å².